The second kappa shape index (κ2) is 11.0. The van der Waals surface area contributed by atoms with Gasteiger partial charge in [-0.1, -0.05) is 18.2 Å². The van der Waals surface area contributed by atoms with Gasteiger partial charge in [-0.25, -0.2) is 4.39 Å². The monoisotopic (exact) mass is 414 g/mol. The van der Waals surface area contributed by atoms with E-state index in [4.69, 9.17) is 25.8 Å². The first-order chi connectivity index (χ1) is 13.4. The van der Waals surface area contributed by atoms with Crippen molar-refractivity contribution in [3.8, 4) is 5.75 Å². The van der Waals surface area contributed by atoms with Crippen LogP contribution in [0.3, 0.4) is 0 Å². The molecule has 0 aliphatic heterocycles. The fraction of sp³-hybridized carbons (Fsp3) is 0.474. The maximum Gasteiger partial charge on any atom is 0.257 e. The molecule has 2 N–H and O–H groups in total. The minimum Gasteiger partial charge on any atom is -0.484 e. The Kier molecular flexibility index (Phi) is 8.69. The highest BCUT2D eigenvalue weighted by Crippen LogP contribution is 2.25. The predicted molar refractivity (Wildman–Crippen MR) is 102 cm³/mol. The van der Waals surface area contributed by atoms with E-state index in [2.05, 4.69) is 17.2 Å². The molecule has 2 rings (SSSR count). The highest BCUT2D eigenvalue weighted by Gasteiger charge is 2.30. The average Bonchev–Trinajstić information content (AvgIpc) is 2.61. The summed E-state index contributed by atoms with van der Waals surface area (Å²) in [6, 6.07) is 3.92. The van der Waals surface area contributed by atoms with Gasteiger partial charge in [0, 0.05) is 31.8 Å². The van der Waals surface area contributed by atoms with Crippen LogP contribution >= 0.6 is 11.6 Å². The van der Waals surface area contributed by atoms with Gasteiger partial charge >= 0.3 is 0 Å². The Morgan fingerprint density at radius 3 is 2.68 bits per heavy atom. The molecule has 28 heavy (non-hydrogen) atoms. The minimum atomic E-state index is -0.619. The Morgan fingerprint density at radius 2 is 2.00 bits per heavy atom. The van der Waals surface area contributed by atoms with Gasteiger partial charge in [0.2, 0.25) is 5.91 Å². The normalized spacial score (nSPS) is 18.1. The van der Waals surface area contributed by atoms with E-state index in [-0.39, 0.29) is 54.6 Å². The zero-order valence-electron chi connectivity index (χ0n) is 15.6. The smallest absolute Gasteiger partial charge is 0.257 e. The lowest BCUT2D eigenvalue weighted by molar-refractivity contribution is -0.134. The van der Waals surface area contributed by atoms with E-state index in [1.54, 1.807) is 7.11 Å². The standard InChI is InChI=1S/C19H24ClFN2O5/c1-12(23-19(25)11-28-15-7-14(8-15)26-2)5-6-22-18(24)10-27-13-3-4-16(20)17(21)9-13/h3-4,9,14-15H,1,5-8,10-11H2,2H3,(H,22,24)(H,23,25). The molecule has 0 radical (unpaired) electrons. The van der Waals surface area contributed by atoms with Gasteiger partial charge in [-0.05, 0) is 25.0 Å². The van der Waals surface area contributed by atoms with Crippen LogP contribution in [0.25, 0.3) is 0 Å². The molecule has 1 aromatic rings. The number of halogens is 2. The molecule has 0 spiro atoms. The topological polar surface area (TPSA) is 85.9 Å². The summed E-state index contributed by atoms with van der Waals surface area (Å²) in [5.41, 5.74) is 0.470. The largest absolute Gasteiger partial charge is 0.484 e. The molecule has 0 aromatic heterocycles. The summed E-state index contributed by atoms with van der Waals surface area (Å²) in [7, 11) is 1.65. The van der Waals surface area contributed by atoms with Crippen LogP contribution in [0, 0.1) is 5.82 Å². The first-order valence-corrected chi connectivity index (χ1v) is 9.21. The molecule has 154 valence electrons. The second-order valence-corrected chi connectivity index (χ2v) is 6.79. The van der Waals surface area contributed by atoms with Gasteiger partial charge in [-0.15, -0.1) is 0 Å². The third-order valence-corrected chi connectivity index (χ3v) is 4.47. The number of amides is 2. The lowest BCUT2D eigenvalue weighted by atomic mass is 9.92. The van der Waals surface area contributed by atoms with E-state index in [1.165, 1.54) is 12.1 Å². The average molecular weight is 415 g/mol. The van der Waals surface area contributed by atoms with Crippen LogP contribution in [0.4, 0.5) is 4.39 Å². The Hall–Kier alpha value is -2.16. The van der Waals surface area contributed by atoms with Crippen LogP contribution in [0.5, 0.6) is 5.75 Å². The van der Waals surface area contributed by atoms with E-state index < -0.39 is 5.82 Å². The van der Waals surface area contributed by atoms with Crippen molar-refractivity contribution < 1.29 is 28.2 Å². The molecule has 0 saturated heterocycles. The molecule has 0 atom stereocenters. The van der Waals surface area contributed by atoms with Crippen molar-refractivity contribution in [2.24, 2.45) is 0 Å². The zero-order chi connectivity index (χ0) is 20.5. The molecular formula is C19H24ClFN2O5. The number of nitrogens with one attached hydrogen (secondary N) is 2. The maximum atomic E-state index is 13.3. The molecule has 9 heteroatoms. The van der Waals surface area contributed by atoms with E-state index in [9.17, 15) is 14.0 Å². The number of rotatable bonds is 11. The lowest BCUT2D eigenvalue weighted by Gasteiger charge is -2.33. The summed E-state index contributed by atoms with van der Waals surface area (Å²) in [6.45, 7) is 3.71. The summed E-state index contributed by atoms with van der Waals surface area (Å²) >= 11 is 5.57. The lowest BCUT2D eigenvalue weighted by Crippen LogP contribution is -2.39. The fourth-order valence-corrected chi connectivity index (χ4v) is 2.57. The molecule has 7 nitrogen and oxygen atoms in total. The number of benzene rings is 1. The van der Waals surface area contributed by atoms with E-state index in [0.29, 0.717) is 12.1 Å². The Bertz CT molecular complexity index is 710. The fourth-order valence-electron chi connectivity index (χ4n) is 2.45. The van der Waals surface area contributed by atoms with Gasteiger partial charge in [-0.3, -0.25) is 9.59 Å². The van der Waals surface area contributed by atoms with Gasteiger partial charge < -0.3 is 24.8 Å². The Balaban J connectivity index is 1.54. The number of hydrogen-bond donors (Lipinski definition) is 2. The van der Waals surface area contributed by atoms with Crippen molar-refractivity contribution in [1.82, 2.24) is 10.6 Å². The van der Waals surface area contributed by atoms with Crippen LogP contribution < -0.4 is 15.4 Å². The number of ether oxygens (including phenoxy) is 3. The Labute approximate surface area is 168 Å². The Morgan fingerprint density at radius 1 is 1.25 bits per heavy atom. The van der Waals surface area contributed by atoms with Crippen molar-refractivity contribution in [3.05, 3.63) is 41.3 Å². The zero-order valence-corrected chi connectivity index (χ0v) is 16.4. The van der Waals surface area contributed by atoms with E-state index >= 15 is 0 Å². The van der Waals surface area contributed by atoms with Gasteiger partial charge in [-0.2, -0.15) is 0 Å². The molecule has 0 bridgehead atoms. The van der Waals surface area contributed by atoms with Crippen LogP contribution in [-0.4, -0.2) is 50.9 Å². The first-order valence-electron chi connectivity index (χ1n) is 8.84. The first kappa shape index (κ1) is 22.1. The van der Waals surface area contributed by atoms with Crippen LogP contribution in [-0.2, 0) is 19.1 Å². The molecule has 1 aliphatic rings. The van der Waals surface area contributed by atoms with Crippen molar-refractivity contribution in [1.29, 1.82) is 0 Å². The molecular weight excluding hydrogens is 391 g/mol. The quantitative estimate of drug-likeness (QED) is 0.579. The molecule has 1 aromatic carbocycles. The number of carbonyl (C=O) groups is 2. The number of methoxy groups -OCH3 is 1. The molecule has 2 amide bonds. The van der Waals surface area contributed by atoms with Gasteiger partial charge in [0.05, 0.1) is 17.2 Å². The summed E-state index contributed by atoms with van der Waals surface area (Å²) in [6.07, 6.45) is 2.22. The number of hydrogen-bond acceptors (Lipinski definition) is 5. The summed E-state index contributed by atoms with van der Waals surface area (Å²) in [5.74, 6) is -1.08. The summed E-state index contributed by atoms with van der Waals surface area (Å²) in [4.78, 5) is 23.5. The highest BCUT2D eigenvalue weighted by molar-refractivity contribution is 6.30. The van der Waals surface area contributed by atoms with Crippen LogP contribution in [0.2, 0.25) is 5.02 Å². The third kappa shape index (κ3) is 7.46. The van der Waals surface area contributed by atoms with Crippen LogP contribution in [0.15, 0.2) is 30.5 Å². The number of carbonyl (C=O) groups excluding carboxylic acids is 2. The van der Waals surface area contributed by atoms with E-state index in [0.717, 1.165) is 18.9 Å². The summed E-state index contributed by atoms with van der Waals surface area (Å²) in [5, 5.41) is 5.23. The van der Waals surface area contributed by atoms with Crippen molar-refractivity contribution >= 4 is 23.4 Å². The van der Waals surface area contributed by atoms with Gasteiger partial charge in [0.15, 0.2) is 6.61 Å². The van der Waals surface area contributed by atoms with E-state index in [1.807, 2.05) is 0 Å². The molecule has 0 unspecified atom stereocenters. The van der Waals surface area contributed by atoms with Crippen molar-refractivity contribution in [2.45, 2.75) is 31.5 Å². The molecule has 1 fully saturated rings. The molecule has 0 heterocycles. The third-order valence-electron chi connectivity index (χ3n) is 4.16. The molecule has 1 saturated carbocycles. The summed E-state index contributed by atoms with van der Waals surface area (Å²) < 4.78 is 29.1. The second-order valence-electron chi connectivity index (χ2n) is 6.38. The van der Waals surface area contributed by atoms with Gasteiger partial charge in [0.1, 0.15) is 18.2 Å². The van der Waals surface area contributed by atoms with Crippen molar-refractivity contribution in [2.75, 3.05) is 26.9 Å². The SMILES string of the molecule is C=C(CCNC(=O)COc1ccc(Cl)c(F)c1)NC(=O)COC1CC(OC)C1. The highest BCUT2D eigenvalue weighted by atomic mass is 35.5. The minimum absolute atomic E-state index is 0.0189. The maximum absolute atomic E-state index is 13.3. The van der Waals surface area contributed by atoms with Crippen molar-refractivity contribution in [3.63, 3.8) is 0 Å². The van der Waals surface area contributed by atoms with Crippen LogP contribution in [0.1, 0.15) is 19.3 Å². The molecule has 1 aliphatic carbocycles. The van der Waals surface area contributed by atoms with Gasteiger partial charge in [0.25, 0.3) is 5.91 Å². The predicted octanol–water partition coefficient (Wildman–Crippen LogP) is 2.19.